The fraction of sp³-hybridized carbons (Fsp3) is 0.429. The molecule has 1 aromatic carbocycles. The van der Waals surface area contributed by atoms with Crippen molar-refractivity contribution in [2.75, 3.05) is 39.9 Å². The number of benzene rings is 1. The van der Waals surface area contributed by atoms with Gasteiger partial charge in [0.25, 0.3) is 5.91 Å². The average Bonchev–Trinajstić information content (AvgIpc) is 2.71. The van der Waals surface area contributed by atoms with E-state index in [-0.39, 0.29) is 18.0 Å². The minimum absolute atomic E-state index is 0.0366. The van der Waals surface area contributed by atoms with Crippen LogP contribution in [0.2, 0.25) is 0 Å². The van der Waals surface area contributed by atoms with Gasteiger partial charge in [-0.2, -0.15) is 5.10 Å². The van der Waals surface area contributed by atoms with Gasteiger partial charge in [-0.05, 0) is 42.7 Å². The van der Waals surface area contributed by atoms with Crippen LogP contribution in [0.15, 0.2) is 18.2 Å². The Kier molecular flexibility index (Phi) is 6.53. The second-order valence-electron chi connectivity index (χ2n) is 7.10. The third kappa shape index (κ3) is 4.76. The number of methoxy groups -OCH3 is 1. The molecule has 153 valence electrons. The highest BCUT2D eigenvalue weighted by molar-refractivity contribution is 5.97. The van der Waals surface area contributed by atoms with E-state index in [1.807, 2.05) is 13.8 Å². The van der Waals surface area contributed by atoms with E-state index >= 15 is 0 Å². The van der Waals surface area contributed by atoms with Crippen molar-refractivity contribution >= 4 is 11.8 Å². The maximum absolute atomic E-state index is 14.4. The predicted octanol–water partition coefficient (Wildman–Crippen LogP) is 1.55. The Morgan fingerprint density at radius 1 is 1.31 bits per heavy atom. The van der Waals surface area contributed by atoms with Gasteiger partial charge in [-0.25, -0.2) is 4.39 Å². The van der Waals surface area contributed by atoms with E-state index in [1.54, 1.807) is 18.1 Å². The molecule has 1 fully saturated rings. The van der Waals surface area contributed by atoms with Crippen molar-refractivity contribution in [3.8, 4) is 0 Å². The van der Waals surface area contributed by atoms with Gasteiger partial charge < -0.3 is 14.5 Å². The van der Waals surface area contributed by atoms with Crippen LogP contribution in [0, 0.1) is 25.9 Å². The lowest BCUT2D eigenvalue weighted by Crippen LogP contribution is -2.53. The first kappa shape index (κ1) is 20.9. The van der Waals surface area contributed by atoms with Gasteiger partial charge in [-0.15, -0.1) is 5.10 Å². The summed E-state index contributed by atoms with van der Waals surface area (Å²) in [7, 11) is 1.57. The van der Waals surface area contributed by atoms with Crippen molar-refractivity contribution in [3.05, 3.63) is 58.2 Å². The number of halogens is 1. The van der Waals surface area contributed by atoms with Gasteiger partial charge in [-0.1, -0.05) is 6.07 Å². The molecule has 2 aromatic rings. The van der Waals surface area contributed by atoms with Crippen LogP contribution in [0.5, 0.6) is 0 Å². The monoisotopic (exact) mass is 399 g/mol. The zero-order chi connectivity index (χ0) is 21.0. The van der Waals surface area contributed by atoms with Crippen LogP contribution in [0.25, 0.3) is 0 Å². The van der Waals surface area contributed by atoms with Crippen LogP contribution in [-0.4, -0.2) is 71.7 Å². The number of hydrogen-bond acceptors (Lipinski definition) is 5. The lowest BCUT2D eigenvalue weighted by molar-refractivity contribution is -0.135. The molecule has 8 heteroatoms. The summed E-state index contributed by atoms with van der Waals surface area (Å²) in [6, 6.07) is 4.45. The number of hydrogen-bond donors (Lipinski definition) is 0. The second kappa shape index (κ2) is 9.09. The topological polar surface area (TPSA) is 75.6 Å². The van der Waals surface area contributed by atoms with Crippen molar-refractivity contribution in [2.45, 2.75) is 20.3 Å². The summed E-state index contributed by atoms with van der Waals surface area (Å²) in [4.78, 5) is 28.2. The minimum atomic E-state index is -0.603. The van der Waals surface area contributed by atoms with Gasteiger partial charge in [0, 0.05) is 33.2 Å². The molecule has 1 saturated heterocycles. The van der Waals surface area contributed by atoms with Crippen molar-refractivity contribution in [1.82, 2.24) is 20.0 Å². The number of carbonyl (C=O) groups excluding carboxylic acids is 2. The Hall–Kier alpha value is -2.87. The standard InChI is InChI=1S/C21H24FN4O3/c1-14-12-23-24-19(15(14)2)11-16-4-5-18(22)17(10-16)21(28)26-7-6-25(8-9-29-3)20(27)13-26/h4-5,10H,6-9,11,13H2,1-3H3. The fourth-order valence-corrected chi connectivity index (χ4v) is 3.23. The van der Waals surface area contributed by atoms with Crippen LogP contribution >= 0.6 is 0 Å². The van der Waals surface area contributed by atoms with E-state index in [4.69, 9.17) is 4.74 Å². The molecular weight excluding hydrogens is 375 g/mol. The van der Waals surface area contributed by atoms with Gasteiger partial charge in [0.1, 0.15) is 18.6 Å². The zero-order valence-electron chi connectivity index (χ0n) is 16.9. The van der Waals surface area contributed by atoms with Crippen molar-refractivity contribution < 1.29 is 18.7 Å². The first-order valence-electron chi connectivity index (χ1n) is 9.45. The third-order valence-electron chi connectivity index (χ3n) is 5.19. The van der Waals surface area contributed by atoms with E-state index < -0.39 is 11.7 Å². The summed E-state index contributed by atoms with van der Waals surface area (Å²) in [5.74, 6) is -1.25. The van der Waals surface area contributed by atoms with Crippen LogP contribution in [-0.2, 0) is 16.0 Å². The fourth-order valence-electron chi connectivity index (χ4n) is 3.23. The third-order valence-corrected chi connectivity index (χ3v) is 5.19. The molecule has 2 heterocycles. The van der Waals surface area contributed by atoms with Crippen molar-refractivity contribution in [1.29, 1.82) is 0 Å². The number of amides is 2. The molecular formula is C21H24FN4O3. The van der Waals surface area contributed by atoms with Crippen LogP contribution < -0.4 is 0 Å². The Labute approximate surface area is 169 Å². The number of piperazine rings is 1. The highest BCUT2D eigenvalue weighted by atomic mass is 19.1. The van der Waals surface area contributed by atoms with Crippen LogP contribution in [0.4, 0.5) is 4.39 Å². The highest BCUT2D eigenvalue weighted by Crippen LogP contribution is 2.19. The predicted molar refractivity (Wildman–Crippen MR) is 104 cm³/mol. The number of carbonyl (C=O) groups is 2. The molecule has 0 atom stereocenters. The Morgan fingerprint density at radius 2 is 2.10 bits per heavy atom. The summed E-state index contributed by atoms with van der Waals surface area (Å²) < 4.78 is 19.4. The lowest BCUT2D eigenvalue weighted by atomic mass is 10.0. The molecule has 1 aliphatic heterocycles. The smallest absolute Gasteiger partial charge is 0.257 e. The molecule has 29 heavy (non-hydrogen) atoms. The normalized spacial score (nSPS) is 14.4. The molecule has 2 amide bonds. The van der Waals surface area contributed by atoms with Gasteiger partial charge in [0.05, 0.1) is 17.9 Å². The lowest BCUT2D eigenvalue weighted by Gasteiger charge is -2.34. The highest BCUT2D eigenvalue weighted by Gasteiger charge is 2.29. The molecule has 7 nitrogen and oxygen atoms in total. The van der Waals surface area contributed by atoms with E-state index in [0.29, 0.717) is 32.7 Å². The van der Waals surface area contributed by atoms with Gasteiger partial charge in [-0.3, -0.25) is 9.59 Å². The van der Waals surface area contributed by atoms with Crippen LogP contribution in [0.3, 0.4) is 0 Å². The molecule has 0 unspecified atom stereocenters. The molecule has 0 N–H and O–H groups in total. The minimum Gasteiger partial charge on any atom is -0.383 e. The molecule has 1 aromatic heterocycles. The number of nitrogens with zero attached hydrogens (tertiary/aromatic N) is 4. The molecule has 1 aliphatic rings. The second-order valence-corrected chi connectivity index (χ2v) is 7.10. The maximum Gasteiger partial charge on any atom is 0.257 e. The summed E-state index contributed by atoms with van der Waals surface area (Å²) in [6.07, 6.45) is 3.23. The van der Waals surface area contributed by atoms with Gasteiger partial charge in [0.2, 0.25) is 5.91 Å². The summed E-state index contributed by atoms with van der Waals surface area (Å²) in [5, 5.41) is 7.96. The van der Waals surface area contributed by atoms with E-state index in [0.717, 1.165) is 22.4 Å². The molecule has 3 rings (SSSR count). The Balaban J connectivity index is 1.75. The first-order chi connectivity index (χ1) is 13.9. The Morgan fingerprint density at radius 3 is 2.83 bits per heavy atom. The van der Waals surface area contributed by atoms with Gasteiger partial charge >= 0.3 is 0 Å². The molecule has 0 bridgehead atoms. The molecule has 0 spiro atoms. The summed E-state index contributed by atoms with van der Waals surface area (Å²) >= 11 is 0. The first-order valence-corrected chi connectivity index (χ1v) is 9.45. The van der Waals surface area contributed by atoms with Gasteiger partial charge in [0.15, 0.2) is 0 Å². The van der Waals surface area contributed by atoms with E-state index in [9.17, 15) is 14.0 Å². The number of rotatable bonds is 6. The van der Waals surface area contributed by atoms with Crippen molar-refractivity contribution in [3.63, 3.8) is 0 Å². The van der Waals surface area contributed by atoms with Crippen LogP contribution in [0.1, 0.15) is 32.7 Å². The number of aromatic nitrogens is 2. The molecule has 1 radical (unpaired) electrons. The SMILES string of the molecule is COCCN1CCN(C(=O)c2cc(Cc3nn[c]c(C)c3C)ccc2F)CC1=O. The van der Waals surface area contributed by atoms with E-state index in [2.05, 4.69) is 16.4 Å². The zero-order valence-corrected chi connectivity index (χ0v) is 16.9. The number of ether oxygens (including phenoxy) is 1. The maximum atomic E-state index is 14.4. The molecule has 0 aliphatic carbocycles. The van der Waals surface area contributed by atoms with Crippen molar-refractivity contribution in [2.24, 2.45) is 0 Å². The Bertz CT molecular complexity index is 919. The average molecular weight is 399 g/mol. The summed E-state index contributed by atoms with van der Waals surface area (Å²) in [6.45, 7) is 5.45. The number of aryl methyl sites for hydroxylation is 1. The van der Waals surface area contributed by atoms with E-state index in [1.165, 1.54) is 17.0 Å². The summed E-state index contributed by atoms with van der Waals surface area (Å²) in [5.41, 5.74) is 3.34. The quantitative estimate of drug-likeness (QED) is 0.737. The largest absolute Gasteiger partial charge is 0.383 e. The molecule has 0 saturated carbocycles.